The number of aliphatic hydroxyl groups excluding tert-OH is 1. The lowest BCUT2D eigenvalue weighted by Crippen LogP contribution is -2.27. The molecule has 0 amide bonds. The van der Waals surface area contributed by atoms with Crippen LogP contribution in [0, 0.1) is 18.3 Å². The zero-order chi connectivity index (χ0) is 26.0. The Hall–Kier alpha value is -3.46. The van der Waals surface area contributed by atoms with E-state index >= 15 is 0 Å². The predicted molar refractivity (Wildman–Crippen MR) is 130 cm³/mol. The van der Waals surface area contributed by atoms with E-state index in [1.165, 1.54) is 6.20 Å². The van der Waals surface area contributed by atoms with Gasteiger partial charge in [0.1, 0.15) is 17.5 Å². The maximum atomic E-state index is 13.8. The maximum absolute atomic E-state index is 13.8. The smallest absolute Gasteiger partial charge is 0.394 e. The molecule has 4 rings (SSSR count). The van der Waals surface area contributed by atoms with Crippen LogP contribution in [0.5, 0.6) is 0 Å². The van der Waals surface area contributed by atoms with Gasteiger partial charge in [0.05, 0.1) is 30.7 Å². The molecule has 188 valence electrons. The number of fused-ring (bicyclic) bond motifs is 1. The van der Waals surface area contributed by atoms with Gasteiger partial charge in [0.15, 0.2) is 11.3 Å². The summed E-state index contributed by atoms with van der Waals surface area (Å²) < 4.78 is 48.0. The van der Waals surface area contributed by atoms with E-state index in [1.54, 1.807) is 37.3 Å². The molecule has 0 saturated carbocycles. The number of halogens is 4. The molecular formula is C24H22ClF3N6O2. The fourth-order valence-corrected chi connectivity index (χ4v) is 4.38. The number of hydrogen-bond donors (Lipinski definition) is 1. The fourth-order valence-electron chi connectivity index (χ4n) is 4.21. The van der Waals surface area contributed by atoms with Gasteiger partial charge in [-0.1, -0.05) is 24.3 Å². The molecular weight excluding hydrogens is 497 g/mol. The van der Waals surface area contributed by atoms with E-state index in [0.717, 1.165) is 4.52 Å². The van der Waals surface area contributed by atoms with Crippen LogP contribution in [0.2, 0.25) is 0 Å². The van der Waals surface area contributed by atoms with Crippen LogP contribution >= 0.6 is 11.6 Å². The third kappa shape index (κ3) is 4.93. The van der Waals surface area contributed by atoms with Gasteiger partial charge in [0.2, 0.25) is 0 Å². The Morgan fingerprint density at radius 2 is 2.19 bits per heavy atom. The lowest BCUT2D eigenvalue weighted by atomic mass is 10.0. The quantitative estimate of drug-likeness (QED) is 0.616. The summed E-state index contributed by atoms with van der Waals surface area (Å²) in [6.07, 6.45) is 3.70. The minimum atomic E-state index is -4.84. The Kier molecular flexibility index (Phi) is 7.31. The largest absolute Gasteiger partial charge is 0.436 e. The molecule has 2 aliphatic rings. The number of aromatic nitrogens is 3. The van der Waals surface area contributed by atoms with E-state index in [0.29, 0.717) is 52.9 Å². The van der Waals surface area contributed by atoms with Crippen molar-refractivity contribution >= 4 is 34.9 Å². The Morgan fingerprint density at radius 3 is 2.86 bits per heavy atom. The molecule has 0 unspecified atom stereocenters. The highest BCUT2D eigenvalue weighted by Crippen LogP contribution is 2.37. The molecule has 0 radical (unpaired) electrons. The SMILES string of the molecule is C=CN=C1C=C(Cl)C=C/C1=C\c1c(C)nc2c(C#N)c(C(F)(F)F)nn2c1N1CC[C@@H](OCCO)C1. The van der Waals surface area contributed by atoms with Gasteiger partial charge in [0.25, 0.3) is 0 Å². The molecule has 2 aromatic rings. The Bertz CT molecular complexity index is 1370. The zero-order valence-electron chi connectivity index (χ0n) is 19.3. The van der Waals surface area contributed by atoms with Crippen LogP contribution in [0.15, 0.2) is 46.6 Å². The summed E-state index contributed by atoms with van der Waals surface area (Å²) in [4.78, 5) is 10.4. The molecule has 12 heteroatoms. The summed E-state index contributed by atoms with van der Waals surface area (Å²) in [5.41, 5.74) is -0.0450. The molecule has 1 fully saturated rings. The maximum Gasteiger partial charge on any atom is 0.436 e. The van der Waals surface area contributed by atoms with Gasteiger partial charge in [-0.2, -0.15) is 28.0 Å². The van der Waals surface area contributed by atoms with Crippen LogP contribution in [0.25, 0.3) is 11.7 Å². The van der Waals surface area contributed by atoms with Crippen LogP contribution in [0.3, 0.4) is 0 Å². The standard InChI is InChI=1S/C24H22ClF3N6O2/c1-3-30-20-11-16(25)5-4-15(20)10-18-14(2)31-22-19(12-29)21(24(26,27)28)32-34(22)23(18)33-7-6-17(13-33)36-9-8-35/h3-5,10-11,17,35H,1,6-9,13H2,2H3/b15-10+,30-20?/t17-/m1/s1. The number of nitriles is 1. The Morgan fingerprint density at radius 1 is 1.42 bits per heavy atom. The van der Waals surface area contributed by atoms with Gasteiger partial charge in [-0.05, 0) is 31.6 Å². The van der Waals surface area contributed by atoms with Crippen molar-refractivity contribution in [1.82, 2.24) is 14.6 Å². The van der Waals surface area contributed by atoms with Crippen molar-refractivity contribution in [2.75, 3.05) is 31.2 Å². The predicted octanol–water partition coefficient (Wildman–Crippen LogP) is 4.18. The first-order valence-electron chi connectivity index (χ1n) is 11.0. The molecule has 1 saturated heterocycles. The van der Waals surface area contributed by atoms with E-state index in [1.807, 2.05) is 4.90 Å². The summed E-state index contributed by atoms with van der Waals surface area (Å²) in [6, 6.07) is 1.62. The van der Waals surface area contributed by atoms with E-state index in [-0.39, 0.29) is 25.0 Å². The minimum Gasteiger partial charge on any atom is -0.394 e. The third-order valence-corrected chi connectivity index (χ3v) is 5.99. The normalized spacial score (nSPS) is 20.4. The second kappa shape index (κ2) is 10.3. The molecule has 0 spiro atoms. The lowest BCUT2D eigenvalue weighted by Gasteiger charge is -2.23. The van der Waals surface area contributed by atoms with Gasteiger partial charge < -0.3 is 14.7 Å². The number of anilines is 1. The number of aliphatic imine (C=N–C) groups is 1. The average molecular weight is 519 g/mol. The summed E-state index contributed by atoms with van der Waals surface area (Å²) in [5, 5.41) is 22.9. The van der Waals surface area contributed by atoms with Gasteiger partial charge in [-0.15, -0.1) is 0 Å². The van der Waals surface area contributed by atoms with Crippen LogP contribution in [-0.2, 0) is 10.9 Å². The first-order chi connectivity index (χ1) is 17.2. The van der Waals surface area contributed by atoms with Gasteiger partial charge >= 0.3 is 6.18 Å². The third-order valence-electron chi connectivity index (χ3n) is 5.76. The highest BCUT2D eigenvalue weighted by molar-refractivity contribution is 6.35. The molecule has 36 heavy (non-hydrogen) atoms. The fraction of sp³-hybridized carbons (Fsp3) is 0.333. The molecule has 8 nitrogen and oxygen atoms in total. The van der Waals surface area contributed by atoms with Crippen molar-refractivity contribution in [1.29, 1.82) is 5.26 Å². The topological polar surface area (TPSA) is 99.0 Å². The van der Waals surface area contributed by atoms with Crippen LogP contribution in [-0.4, -0.2) is 57.8 Å². The molecule has 0 aromatic carbocycles. The molecule has 0 bridgehead atoms. The number of ether oxygens (including phenoxy) is 1. The van der Waals surface area contributed by atoms with Gasteiger partial charge in [-0.25, -0.2) is 4.98 Å². The number of aryl methyl sites for hydroxylation is 1. The lowest BCUT2D eigenvalue weighted by molar-refractivity contribution is -0.141. The van der Waals surface area contributed by atoms with E-state index in [2.05, 4.69) is 21.7 Å². The van der Waals surface area contributed by atoms with Crippen LogP contribution in [0.1, 0.15) is 28.9 Å². The zero-order valence-corrected chi connectivity index (χ0v) is 20.0. The number of nitrogens with zero attached hydrogens (tertiary/aromatic N) is 6. The highest BCUT2D eigenvalue weighted by Gasteiger charge is 2.40. The molecule has 1 aliphatic heterocycles. The molecule has 1 aliphatic carbocycles. The molecule has 2 aromatic heterocycles. The second-order valence-corrected chi connectivity index (χ2v) is 8.55. The number of aliphatic hydroxyl groups is 1. The first kappa shape index (κ1) is 25.6. The molecule has 1 N–H and O–H groups in total. The summed E-state index contributed by atoms with van der Waals surface area (Å²) >= 11 is 6.12. The van der Waals surface area contributed by atoms with E-state index < -0.39 is 17.4 Å². The van der Waals surface area contributed by atoms with Crippen molar-refractivity contribution in [3.8, 4) is 6.07 Å². The Labute approximate surface area is 210 Å². The van der Waals surface area contributed by atoms with Gasteiger partial charge in [-0.3, -0.25) is 4.99 Å². The van der Waals surface area contributed by atoms with Crippen molar-refractivity contribution < 1.29 is 23.0 Å². The first-order valence-corrected chi connectivity index (χ1v) is 11.4. The highest BCUT2D eigenvalue weighted by atomic mass is 35.5. The average Bonchev–Trinajstić information content (AvgIpc) is 3.44. The number of rotatable bonds is 6. The van der Waals surface area contributed by atoms with Crippen molar-refractivity contribution in [3.63, 3.8) is 0 Å². The van der Waals surface area contributed by atoms with Crippen molar-refractivity contribution in [2.24, 2.45) is 4.99 Å². The van der Waals surface area contributed by atoms with Gasteiger partial charge in [0, 0.05) is 35.5 Å². The Balaban J connectivity index is 1.96. The van der Waals surface area contributed by atoms with E-state index in [9.17, 15) is 18.4 Å². The van der Waals surface area contributed by atoms with Crippen LogP contribution in [0.4, 0.5) is 19.0 Å². The number of hydrogen-bond acceptors (Lipinski definition) is 7. The van der Waals surface area contributed by atoms with E-state index in [4.69, 9.17) is 21.4 Å². The molecule has 3 heterocycles. The van der Waals surface area contributed by atoms with Crippen molar-refractivity contribution in [3.05, 3.63) is 64.1 Å². The monoisotopic (exact) mass is 518 g/mol. The second-order valence-electron chi connectivity index (χ2n) is 8.11. The number of allylic oxidation sites excluding steroid dienone is 5. The number of alkyl halides is 3. The molecule has 1 atom stereocenters. The summed E-state index contributed by atoms with van der Waals surface area (Å²) in [6.45, 7) is 6.11. The minimum absolute atomic E-state index is 0.139. The van der Waals surface area contributed by atoms with Crippen molar-refractivity contribution in [2.45, 2.75) is 25.6 Å². The summed E-state index contributed by atoms with van der Waals surface area (Å²) in [5.74, 6) is 0.346. The van der Waals surface area contributed by atoms with Crippen LogP contribution < -0.4 is 4.90 Å². The summed E-state index contributed by atoms with van der Waals surface area (Å²) in [7, 11) is 0.